The third-order valence-corrected chi connectivity index (χ3v) is 5.72. The maximum Gasteiger partial charge on any atom is 0.229 e. The summed E-state index contributed by atoms with van der Waals surface area (Å²) in [6, 6.07) is 7.10. The molecular weight excluding hydrogens is 420 g/mol. The van der Waals surface area contributed by atoms with Gasteiger partial charge in [0.2, 0.25) is 5.91 Å². The summed E-state index contributed by atoms with van der Waals surface area (Å²) >= 11 is 7.01. The minimum absolute atomic E-state index is 0.0990. The van der Waals surface area contributed by atoms with E-state index in [9.17, 15) is 13.6 Å². The van der Waals surface area contributed by atoms with Crippen molar-refractivity contribution < 1.29 is 13.6 Å². The Balaban J connectivity index is 1.35. The summed E-state index contributed by atoms with van der Waals surface area (Å²) in [5.41, 5.74) is 0.943. The quantitative estimate of drug-likeness (QED) is 0.658. The van der Waals surface area contributed by atoms with E-state index in [1.807, 2.05) is 6.07 Å². The Morgan fingerprint density at radius 2 is 1.93 bits per heavy atom. The lowest BCUT2D eigenvalue weighted by atomic mass is 9.96. The summed E-state index contributed by atoms with van der Waals surface area (Å²) in [7, 11) is 0. The number of nitrogens with zero attached hydrogens (tertiary/aromatic N) is 4. The van der Waals surface area contributed by atoms with E-state index >= 15 is 0 Å². The topological polar surface area (TPSA) is 71.0 Å². The average molecular weight is 436 g/mol. The van der Waals surface area contributed by atoms with Gasteiger partial charge >= 0.3 is 0 Å². The molecule has 4 rings (SSSR count). The number of anilines is 2. The van der Waals surface area contributed by atoms with Gasteiger partial charge in [0.1, 0.15) is 0 Å². The van der Waals surface area contributed by atoms with Gasteiger partial charge in [0.25, 0.3) is 0 Å². The summed E-state index contributed by atoms with van der Waals surface area (Å²) < 4.78 is 26.5. The Bertz CT molecular complexity index is 1020. The molecule has 1 aliphatic rings. The first-order valence-corrected chi connectivity index (χ1v) is 10.2. The van der Waals surface area contributed by atoms with Gasteiger partial charge in [-0.1, -0.05) is 11.6 Å². The SMILES string of the molecule is O=C(Nc1nc(-c2ccc(F)c(F)c2)cs1)C1CCN(c2ccc(Cl)nn2)CC1. The number of carbonyl (C=O) groups is 1. The predicted molar refractivity (Wildman–Crippen MR) is 108 cm³/mol. The van der Waals surface area contributed by atoms with Crippen LogP contribution in [0.15, 0.2) is 35.7 Å². The van der Waals surface area contributed by atoms with E-state index in [4.69, 9.17) is 11.6 Å². The lowest BCUT2D eigenvalue weighted by Gasteiger charge is -2.31. The molecular formula is C19H16ClF2N5OS. The van der Waals surface area contributed by atoms with Crippen molar-refractivity contribution in [2.24, 2.45) is 5.92 Å². The zero-order valence-electron chi connectivity index (χ0n) is 15.1. The number of aromatic nitrogens is 3. The predicted octanol–water partition coefficient (Wildman–Crippen LogP) is 4.39. The molecule has 0 saturated carbocycles. The van der Waals surface area contributed by atoms with Gasteiger partial charge in [0, 0.05) is 30.0 Å². The molecule has 29 heavy (non-hydrogen) atoms. The Kier molecular flexibility index (Phi) is 5.68. The molecule has 6 nitrogen and oxygen atoms in total. The summed E-state index contributed by atoms with van der Waals surface area (Å²) in [5.74, 6) is -1.34. The first-order valence-electron chi connectivity index (χ1n) is 8.95. The molecule has 1 aromatic carbocycles. The Morgan fingerprint density at radius 3 is 2.62 bits per heavy atom. The first kappa shape index (κ1) is 19.7. The third-order valence-electron chi connectivity index (χ3n) is 4.76. The van der Waals surface area contributed by atoms with Crippen molar-refractivity contribution in [3.8, 4) is 11.3 Å². The molecule has 0 radical (unpaired) electrons. The molecule has 3 aromatic rings. The molecule has 1 amide bonds. The van der Waals surface area contributed by atoms with Crippen molar-refractivity contribution in [1.82, 2.24) is 15.2 Å². The molecule has 0 bridgehead atoms. The van der Waals surface area contributed by atoms with Gasteiger partial charge in [0.15, 0.2) is 27.7 Å². The van der Waals surface area contributed by atoms with E-state index in [-0.39, 0.29) is 11.8 Å². The molecule has 1 fully saturated rings. The second-order valence-electron chi connectivity index (χ2n) is 6.63. The molecule has 10 heteroatoms. The number of hydrogen-bond acceptors (Lipinski definition) is 6. The highest BCUT2D eigenvalue weighted by atomic mass is 35.5. The summed E-state index contributed by atoms with van der Waals surface area (Å²) in [6.45, 7) is 1.37. The van der Waals surface area contributed by atoms with Crippen molar-refractivity contribution >= 4 is 39.8 Å². The molecule has 0 atom stereocenters. The van der Waals surface area contributed by atoms with E-state index in [1.54, 1.807) is 11.4 Å². The van der Waals surface area contributed by atoms with Crippen LogP contribution in [0.1, 0.15) is 12.8 Å². The van der Waals surface area contributed by atoms with Crippen molar-refractivity contribution in [2.45, 2.75) is 12.8 Å². The lowest BCUT2D eigenvalue weighted by molar-refractivity contribution is -0.120. The van der Waals surface area contributed by atoms with Crippen LogP contribution >= 0.6 is 22.9 Å². The highest BCUT2D eigenvalue weighted by Crippen LogP contribution is 2.28. The molecule has 150 valence electrons. The molecule has 1 saturated heterocycles. The molecule has 0 aliphatic carbocycles. The molecule has 0 spiro atoms. The van der Waals surface area contributed by atoms with Crippen molar-refractivity contribution in [3.63, 3.8) is 0 Å². The minimum atomic E-state index is -0.932. The molecule has 3 heterocycles. The molecule has 1 N–H and O–H groups in total. The van der Waals surface area contributed by atoms with Crippen LogP contribution in [-0.4, -0.2) is 34.2 Å². The number of hydrogen-bond donors (Lipinski definition) is 1. The second kappa shape index (κ2) is 8.38. The van der Waals surface area contributed by atoms with Crippen molar-refractivity contribution in [2.75, 3.05) is 23.3 Å². The van der Waals surface area contributed by atoms with Crippen LogP contribution in [0.25, 0.3) is 11.3 Å². The van der Waals surface area contributed by atoms with Gasteiger partial charge in [-0.2, -0.15) is 0 Å². The standard InChI is InChI=1S/C19H16ClF2N5OS/c20-16-3-4-17(26-25-16)27-7-5-11(6-8-27)18(28)24-19-23-15(10-29-19)12-1-2-13(21)14(22)9-12/h1-4,9-11H,5-8H2,(H,23,24,28). The summed E-state index contributed by atoms with van der Waals surface area (Å²) in [4.78, 5) is 19.0. The maximum atomic E-state index is 13.4. The fourth-order valence-electron chi connectivity index (χ4n) is 3.18. The second-order valence-corrected chi connectivity index (χ2v) is 7.88. The van der Waals surface area contributed by atoms with Crippen molar-refractivity contribution in [1.29, 1.82) is 0 Å². The number of benzene rings is 1. The van der Waals surface area contributed by atoms with Gasteiger partial charge in [-0.25, -0.2) is 13.8 Å². The average Bonchev–Trinajstić information content (AvgIpc) is 3.19. The van der Waals surface area contributed by atoms with Gasteiger partial charge < -0.3 is 10.2 Å². The van der Waals surface area contributed by atoms with Crippen LogP contribution in [0, 0.1) is 17.6 Å². The molecule has 1 aliphatic heterocycles. The van der Waals surface area contributed by atoms with Crippen LogP contribution < -0.4 is 10.2 Å². The summed E-state index contributed by atoms with van der Waals surface area (Å²) in [5, 5.41) is 13.2. The van der Waals surface area contributed by atoms with Crippen LogP contribution in [0.5, 0.6) is 0 Å². The van der Waals surface area contributed by atoms with Crippen LogP contribution in [0.4, 0.5) is 19.7 Å². The van der Waals surface area contributed by atoms with E-state index in [0.29, 0.717) is 47.5 Å². The fraction of sp³-hybridized carbons (Fsp3) is 0.263. The smallest absolute Gasteiger partial charge is 0.229 e. The van der Waals surface area contributed by atoms with Gasteiger partial charge in [-0.15, -0.1) is 21.5 Å². The van der Waals surface area contributed by atoms with Crippen molar-refractivity contribution in [3.05, 3.63) is 52.5 Å². The van der Waals surface area contributed by atoms with Gasteiger partial charge in [0.05, 0.1) is 5.69 Å². The Morgan fingerprint density at radius 1 is 1.14 bits per heavy atom. The number of halogens is 3. The fourth-order valence-corrected chi connectivity index (χ4v) is 4.00. The maximum absolute atomic E-state index is 13.4. The zero-order chi connectivity index (χ0) is 20.4. The number of piperidine rings is 1. The number of carbonyl (C=O) groups excluding carboxylic acids is 1. The first-order chi connectivity index (χ1) is 14.0. The highest BCUT2D eigenvalue weighted by molar-refractivity contribution is 7.14. The summed E-state index contributed by atoms with van der Waals surface area (Å²) in [6.07, 6.45) is 1.36. The van der Waals surface area contributed by atoms with E-state index in [1.165, 1.54) is 17.4 Å². The molecule has 2 aromatic heterocycles. The number of rotatable bonds is 4. The minimum Gasteiger partial charge on any atom is -0.355 e. The Hall–Kier alpha value is -2.65. The van der Waals surface area contributed by atoms with E-state index < -0.39 is 11.6 Å². The normalized spacial score (nSPS) is 14.8. The van der Waals surface area contributed by atoms with Gasteiger partial charge in [-0.05, 0) is 43.2 Å². The van der Waals surface area contributed by atoms with E-state index in [2.05, 4.69) is 25.4 Å². The zero-order valence-corrected chi connectivity index (χ0v) is 16.7. The van der Waals surface area contributed by atoms with Gasteiger partial charge in [-0.3, -0.25) is 4.79 Å². The lowest BCUT2D eigenvalue weighted by Crippen LogP contribution is -2.38. The number of thiazole rings is 1. The largest absolute Gasteiger partial charge is 0.355 e. The number of nitrogens with one attached hydrogen (secondary N) is 1. The van der Waals surface area contributed by atoms with Crippen LogP contribution in [0.3, 0.4) is 0 Å². The highest BCUT2D eigenvalue weighted by Gasteiger charge is 2.26. The monoisotopic (exact) mass is 435 g/mol. The Labute approximate surface area is 174 Å². The molecule has 0 unspecified atom stereocenters. The van der Waals surface area contributed by atoms with Crippen LogP contribution in [0.2, 0.25) is 5.15 Å². The third kappa shape index (κ3) is 4.51. The van der Waals surface area contributed by atoms with E-state index in [0.717, 1.165) is 18.0 Å². The van der Waals surface area contributed by atoms with Crippen LogP contribution in [-0.2, 0) is 4.79 Å². The number of amides is 1.